The standard InChI is InChI=1S/C19H28N4O3/c24-18-4-3-17(15-1-2-15)21-23(18)13-14-5-9-22(10-6-14)19(25)20-16-7-11-26-12-8-16/h3-4,14-16H,1-2,5-13H2,(H,20,25). The second-order valence-corrected chi connectivity index (χ2v) is 7.82. The maximum atomic E-state index is 12.4. The van der Waals surface area contributed by atoms with E-state index >= 15 is 0 Å². The third-order valence-electron chi connectivity index (χ3n) is 5.76. The zero-order chi connectivity index (χ0) is 17.9. The van der Waals surface area contributed by atoms with Gasteiger partial charge in [-0.15, -0.1) is 0 Å². The first-order chi connectivity index (χ1) is 12.7. The van der Waals surface area contributed by atoms with Gasteiger partial charge in [-0.1, -0.05) is 0 Å². The van der Waals surface area contributed by atoms with Crippen LogP contribution in [0.25, 0.3) is 0 Å². The van der Waals surface area contributed by atoms with Gasteiger partial charge in [0, 0.05) is 50.9 Å². The van der Waals surface area contributed by atoms with Gasteiger partial charge in [-0.05, 0) is 50.5 Å². The Bertz CT molecular complexity index is 686. The predicted octanol–water partition coefficient (Wildman–Crippen LogP) is 1.72. The van der Waals surface area contributed by atoms with E-state index in [-0.39, 0.29) is 17.6 Å². The lowest BCUT2D eigenvalue weighted by atomic mass is 9.97. The minimum absolute atomic E-state index is 0.0194. The van der Waals surface area contributed by atoms with E-state index in [1.54, 1.807) is 10.7 Å². The number of carbonyl (C=O) groups is 1. The highest BCUT2D eigenvalue weighted by Gasteiger charge is 2.27. The van der Waals surface area contributed by atoms with Crippen LogP contribution in [0.1, 0.15) is 50.1 Å². The van der Waals surface area contributed by atoms with Gasteiger partial charge in [-0.3, -0.25) is 4.79 Å². The van der Waals surface area contributed by atoms with Gasteiger partial charge in [0.1, 0.15) is 0 Å². The van der Waals surface area contributed by atoms with E-state index in [1.807, 2.05) is 11.0 Å². The molecule has 26 heavy (non-hydrogen) atoms. The molecular weight excluding hydrogens is 332 g/mol. The van der Waals surface area contributed by atoms with Gasteiger partial charge in [-0.2, -0.15) is 5.10 Å². The number of carbonyl (C=O) groups excluding carboxylic acids is 1. The highest BCUT2D eigenvalue weighted by Crippen LogP contribution is 2.38. The smallest absolute Gasteiger partial charge is 0.317 e. The topological polar surface area (TPSA) is 76.5 Å². The van der Waals surface area contributed by atoms with Crippen molar-refractivity contribution < 1.29 is 9.53 Å². The molecule has 1 N–H and O–H groups in total. The van der Waals surface area contributed by atoms with Crippen molar-refractivity contribution in [3.05, 3.63) is 28.2 Å². The molecule has 0 aromatic carbocycles. The fraction of sp³-hybridized carbons (Fsp3) is 0.737. The fourth-order valence-corrected chi connectivity index (χ4v) is 3.86. The molecule has 1 aliphatic carbocycles. The lowest BCUT2D eigenvalue weighted by Crippen LogP contribution is -2.49. The highest BCUT2D eigenvalue weighted by atomic mass is 16.5. The second-order valence-electron chi connectivity index (χ2n) is 7.82. The molecule has 0 unspecified atom stereocenters. The monoisotopic (exact) mass is 360 g/mol. The third-order valence-corrected chi connectivity index (χ3v) is 5.76. The summed E-state index contributed by atoms with van der Waals surface area (Å²) < 4.78 is 6.97. The summed E-state index contributed by atoms with van der Waals surface area (Å²) in [5.41, 5.74) is 1.03. The Morgan fingerprint density at radius 2 is 1.85 bits per heavy atom. The molecule has 0 spiro atoms. The quantitative estimate of drug-likeness (QED) is 0.887. The number of nitrogens with zero attached hydrogens (tertiary/aromatic N) is 3. The van der Waals surface area contributed by atoms with Gasteiger partial charge in [0.05, 0.1) is 5.69 Å². The molecule has 1 aromatic rings. The summed E-state index contributed by atoms with van der Waals surface area (Å²) in [6.07, 6.45) is 6.01. The Morgan fingerprint density at radius 1 is 1.12 bits per heavy atom. The normalized spacial score (nSPS) is 22.4. The van der Waals surface area contributed by atoms with E-state index in [0.29, 0.717) is 18.4 Å². The molecule has 4 rings (SSSR count). The maximum absolute atomic E-state index is 12.4. The van der Waals surface area contributed by atoms with Gasteiger partial charge in [-0.25, -0.2) is 9.48 Å². The number of urea groups is 1. The zero-order valence-electron chi connectivity index (χ0n) is 15.2. The molecular formula is C19H28N4O3. The number of amides is 2. The Kier molecular flexibility index (Phi) is 5.24. The van der Waals surface area contributed by atoms with Crippen molar-refractivity contribution in [3.63, 3.8) is 0 Å². The molecule has 0 atom stereocenters. The molecule has 1 aromatic heterocycles. The van der Waals surface area contributed by atoms with Crippen LogP contribution < -0.4 is 10.9 Å². The molecule has 3 aliphatic rings. The van der Waals surface area contributed by atoms with Crippen LogP contribution in [0.2, 0.25) is 0 Å². The minimum atomic E-state index is -0.0194. The summed E-state index contributed by atoms with van der Waals surface area (Å²) in [6.45, 7) is 3.62. The van der Waals surface area contributed by atoms with Crippen molar-refractivity contribution in [3.8, 4) is 0 Å². The van der Waals surface area contributed by atoms with E-state index in [0.717, 1.165) is 57.7 Å². The van der Waals surface area contributed by atoms with Crippen molar-refractivity contribution in [2.24, 2.45) is 5.92 Å². The van der Waals surface area contributed by atoms with Gasteiger partial charge in [0.25, 0.3) is 5.56 Å². The molecule has 1 saturated carbocycles. The van der Waals surface area contributed by atoms with Gasteiger partial charge in [0.2, 0.25) is 0 Å². The zero-order valence-corrected chi connectivity index (χ0v) is 15.2. The lowest BCUT2D eigenvalue weighted by Gasteiger charge is -2.34. The number of rotatable bonds is 4. The number of hydrogen-bond acceptors (Lipinski definition) is 4. The molecule has 2 aliphatic heterocycles. The van der Waals surface area contributed by atoms with Crippen molar-refractivity contribution in [2.75, 3.05) is 26.3 Å². The van der Waals surface area contributed by atoms with Crippen LogP contribution in [0.4, 0.5) is 4.79 Å². The maximum Gasteiger partial charge on any atom is 0.317 e. The first kappa shape index (κ1) is 17.5. The summed E-state index contributed by atoms with van der Waals surface area (Å²) in [5, 5.41) is 7.69. The van der Waals surface area contributed by atoms with Crippen LogP contribution in [0, 0.1) is 5.92 Å². The van der Waals surface area contributed by atoms with Crippen molar-refractivity contribution in [2.45, 2.75) is 57.0 Å². The van der Waals surface area contributed by atoms with Crippen LogP contribution in [0.5, 0.6) is 0 Å². The Hall–Kier alpha value is -1.89. The van der Waals surface area contributed by atoms with Crippen LogP contribution in [0.15, 0.2) is 16.9 Å². The van der Waals surface area contributed by atoms with Crippen LogP contribution in [-0.2, 0) is 11.3 Å². The fourth-order valence-electron chi connectivity index (χ4n) is 3.86. The van der Waals surface area contributed by atoms with E-state index < -0.39 is 0 Å². The summed E-state index contributed by atoms with van der Waals surface area (Å²) >= 11 is 0. The molecule has 0 bridgehead atoms. The highest BCUT2D eigenvalue weighted by molar-refractivity contribution is 5.74. The van der Waals surface area contributed by atoms with Crippen LogP contribution >= 0.6 is 0 Å². The Morgan fingerprint density at radius 3 is 2.54 bits per heavy atom. The third kappa shape index (κ3) is 4.26. The summed E-state index contributed by atoms with van der Waals surface area (Å²) in [5.74, 6) is 0.958. The number of likely N-dealkylation sites (tertiary alicyclic amines) is 1. The summed E-state index contributed by atoms with van der Waals surface area (Å²) in [6, 6.07) is 3.81. The largest absolute Gasteiger partial charge is 0.381 e. The summed E-state index contributed by atoms with van der Waals surface area (Å²) in [7, 11) is 0. The average Bonchev–Trinajstić information content (AvgIpc) is 3.50. The first-order valence-corrected chi connectivity index (χ1v) is 9.90. The predicted molar refractivity (Wildman–Crippen MR) is 97.1 cm³/mol. The van der Waals surface area contributed by atoms with E-state index in [2.05, 4.69) is 10.4 Å². The number of hydrogen-bond donors (Lipinski definition) is 1. The second kappa shape index (κ2) is 7.78. The van der Waals surface area contributed by atoms with Gasteiger partial charge in [0.15, 0.2) is 0 Å². The SMILES string of the molecule is O=C(NC1CCOCC1)N1CCC(Cn2nc(C3CC3)ccc2=O)CC1. The molecule has 7 nitrogen and oxygen atoms in total. The van der Waals surface area contributed by atoms with Crippen LogP contribution in [0.3, 0.4) is 0 Å². The van der Waals surface area contributed by atoms with E-state index in [4.69, 9.17) is 4.74 Å². The van der Waals surface area contributed by atoms with Crippen molar-refractivity contribution in [1.29, 1.82) is 0 Å². The van der Waals surface area contributed by atoms with Crippen molar-refractivity contribution >= 4 is 6.03 Å². The molecule has 2 amide bonds. The molecule has 142 valence electrons. The van der Waals surface area contributed by atoms with Crippen LogP contribution in [-0.4, -0.2) is 53.1 Å². The van der Waals surface area contributed by atoms with E-state index in [9.17, 15) is 9.59 Å². The molecule has 3 heterocycles. The average molecular weight is 360 g/mol. The van der Waals surface area contributed by atoms with Crippen molar-refractivity contribution in [1.82, 2.24) is 20.0 Å². The van der Waals surface area contributed by atoms with Gasteiger partial charge < -0.3 is 15.0 Å². The van der Waals surface area contributed by atoms with E-state index in [1.165, 1.54) is 12.8 Å². The Labute approximate surface area is 153 Å². The van der Waals surface area contributed by atoms with Gasteiger partial charge >= 0.3 is 6.03 Å². The molecule has 2 saturated heterocycles. The Balaban J connectivity index is 1.27. The summed E-state index contributed by atoms with van der Waals surface area (Å²) in [4.78, 5) is 26.4. The number of ether oxygens (including phenoxy) is 1. The molecule has 7 heteroatoms. The number of piperidine rings is 1. The number of nitrogens with one attached hydrogen (secondary N) is 1. The number of aromatic nitrogens is 2. The minimum Gasteiger partial charge on any atom is -0.381 e. The molecule has 3 fully saturated rings. The lowest BCUT2D eigenvalue weighted by molar-refractivity contribution is 0.0769. The molecule has 0 radical (unpaired) electrons. The first-order valence-electron chi connectivity index (χ1n) is 9.90.